The van der Waals surface area contributed by atoms with Gasteiger partial charge in [0.2, 0.25) is 15.9 Å². The number of benzene rings is 2. The molecule has 26 heavy (non-hydrogen) atoms. The highest BCUT2D eigenvalue weighted by molar-refractivity contribution is 9.10. The molecule has 0 aromatic heterocycles. The Hall–Kier alpha value is -1.90. The lowest BCUT2D eigenvalue weighted by Gasteiger charge is -2.20. The smallest absolute Gasteiger partial charge is 0.242 e. The van der Waals surface area contributed by atoms with E-state index >= 15 is 0 Å². The Morgan fingerprint density at radius 3 is 2.19 bits per heavy atom. The van der Waals surface area contributed by atoms with Crippen molar-refractivity contribution in [2.75, 3.05) is 38.4 Å². The second-order valence-electron chi connectivity index (χ2n) is 6.21. The number of hydrogen-bond acceptors (Lipinski definition) is 4. The molecule has 0 bridgehead atoms. The predicted molar refractivity (Wildman–Crippen MR) is 108 cm³/mol. The molecule has 0 fully saturated rings. The predicted octanol–water partition coefficient (Wildman–Crippen LogP) is 2.95. The second kappa shape index (κ2) is 8.20. The van der Waals surface area contributed by atoms with Gasteiger partial charge >= 0.3 is 0 Å². The molecule has 2 rings (SSSR count). The summed E-state index contributed by atoms with van der Waals surface area (Å²) in [5.74, 6) is -0.213. The lowest BCUT2D eigenvalue weighted by molar-refractivity contribution is -0.115. The van der Waals surface area contributed by atoms with Gasteiger partial charge in [-0.15, -0.1) is 0 Å². The summed E-state index contributed by atoms with van der Waals surface area (Å²) >= 11 is 3.36. The highest BCUT2D eigenvalue weighted by Crippen LogP contribution is 2.28. The highest BCUT2D eigenvalue weighted by atomic mass is 79.9. The van der Waals surface area contributed by atoms with E-state index in [2.05, 4.69) is 21.2 Å². The van der Waals surface area contributed by atoms with Crippen LogP contribution in [-0.2, 0) is 21.2 Å². The van der Waals surface area contributed by atoms with Gasteiger partial charge in [0.15, 0.2) is 0 Å². The van der Waals surface area contributed by atoms with Crippen molar-refractivity contribution in [3.8, 4) is 0 Å². The molecule has 140 valence electrons. The maximum Gasteiger partial charge on any atom is 0.242 e. The Kier molecular flexibility index (Phi) is 6.44. The van der Waals surface area contributed by atoms with Crippen LogP contribution in [0.5, 0.6) is 0 Å². The molecule has 2 aromatic carbocycles. The van der Waals surface area contributed by atoms with Gasteiger partial charge in [-0.3, -0.25) is 4.79 Å². The molecule has 0 atom stereocenters. The summed E-state index contributed by atoms with van der Waals surface area (Å²) in [6.07, 6.45) is 0.199. The van der Waals surface area contributed by atoms with E-state index in [-0.39, 0.29) is 17.2 Å². The maximum absolute atomic E-state index is 12.4. The molecule has 6 nitrogen and oxygen atoms in total. The van der Waals surface area contributed by atoms with E-state index in [0.29, 0.717) is 5.69 Å². The zero-order valence-corrected chi connectivity index (χ0v) is 17.6. The Morgan fingerprint density at radius 2 is 1.65 bits per heavy atom. The van der Waals surface area contributed by atoms with Crippen LogP contribution >= 0.6 is 15.9 Å². The van der Waals surface area contributed by atoms with Crippen LogP contribution in [0.1, 0.15) is 5.56 Å². The van der Waals surface area contributed by atoms with Crippen LogP contribution in [0, 0.1) is 0 Å². The summed E-state index contributed by atoms with van der Waals surface area (Å²) in [5.41, 5.74) is 2.06. The zero-order valence-electron chi connectivity index (χ0n) is 15.2. The Bertz CT molecular complexity index is 894. The van der Waals surface area contributed by atoms with Crippen LogP contribution in [0.3, 0.4) is 0 Å². The van der Waals surface area contributed by atoms with Crippen molar-refractivity contribution in [1.29, 1.82) is 0 Å². The molecule has 8 heteroatoms. The fourth-order valence-electron chi connectivity index (χ4n) is 2.36. The first-order chi connectivity index (χ1) is 12.1. The Balaban J connectivity index is 2.30. The van der Waals surface area contributed by atoms with E-state index in [1.54, 1.807) is 6.07 Å². The maximum atomic E-state index is 12.4. The lowest BCUT2D eigenvalue weighted by atomic mass is 10.1. The topological polar surface area (TPSA) is 69.7 Å². The molecular formula is C18H22BrN3O3S. The molecule has 1 amide bonds. The average Bonchev–Trinajstić information content (AvgIpc) is 2.56. The van der Waals surface area contributed by atoms with Crippen LogP contribution in [0.4, 0.5) is 11.4 Å². The summed E-state index contributed by atoms with van der Waals surface area (Å²) < 4.78 is 26.8. The van der Waals surface area contributed by atoms with Crippen molar-refractivity contribution in [3.05, 3.63) is 52.5 Å². The van der Waals surface area contributed by atoms with E-state index in [1.807, 2.05) is 43.3 Å². The number of carbonyl (C=O) groups excluding carboxylic acids is 1. The molecule has 2 aromatic rings. The number of anilines is 2. The lowest BCUT2D eigenvalue weighted by Crippen LogP contribution is -2.23. The van der Waals surface area contributed by atoms with Gasteiger partial charge in [-0.25, -0.2) is 12.7 Å². The molecule has 0 aliphatic heterocycles. The third-order valence-corrected chi connectivity index (χ3v) is 6.12. The Labute approximate surface area is 163 Å². The number of halogens is 1. The number of nitrogens with one attached hydrogen (secondary N) is 1. The van der Waals surface area contributed by atoms with E-state index in [1.165, 1.54) is 26.2 Å². The first kappa shape index (κ1) is 20.4. The third kappa shape index (κ3) is 4.84. The molecule has 1 N–H and O–H groups in total. The van der Waals surface area contributed by atoms with Crippen LogP contribution in [-0.4, -0.2) is 46.8 Å². The molecular weight excluding hydrogens is 418 g/mol. The van der Waals surface area contributed by atoms with Crippen molar-refractivity contribution in [3.63, 3.8) is 0 Å². The van der Waals surface area contributed by atoms with Crippen molar-refractivity contribution < 1.29 is 13.2 Å². The van der Waals surface area contributed by atoms with Gasteiger partial charge in [-0.2, -0.15) is 0 Å². The van der Waals surface area contributed by atoms with Gasteiger partial charge in [-0.1, -0.05) is 28.1 Å². The monoisotopic (exact) mass is 439 g/mol. The van der Waals surface area contributed by atoms with Crippen LogP contribution < -0.4 is 10.2 Å². The molecule has 0 spiro atoms. The molecule has 0 radical (unpaired) electrons. The minimum absolute atomic E-state index is 0.132. The number of rotatable bonds is 6. The normalized spacial score (nSPS) is 11.5. The molecule has 0 aliphatic rings. The number of amides is 1. The fraction of sp³-hybridized carbons (Fsp3) is 0.278. The summed E-state index contributed by atoms with van der Waals surface area (Å²) in [4.78, 5) is 14.4. The fourth-order valence-corrected chi connectivity index (χ4v) is 3.55. The van der Waals surface area contributed by atoms with E-state index in [0.717, 1.165) is 20.0 Å². The summed E-state index contributed by atoms with van der Waals surface area (Å²) in [6.45, 7) is 0. The molecule has 0 unspecified atom stereocenters. The van der Waals surface area contributed by atoms with Gasteiger partial charge in [0.25, 0.3) is 0 Å². The zero-order chi connectivity index (χ0) is 19.5. The molecule has 0 saturated carbocycles. The van der Waals surface area contributed by atoms with E-state index in [4.69, 9.17) is 0 Å². The minimum atomic E-state index is -3.58. The van der Waals surface area contributed by atoms with Crippen molar-refractivity contribution in [2.24, 2.45) is 0 Å². The first-order valence-electron chi connectivity index (χ1n) is 7.89. The summed E-state index contributed by atoms with van der Waals surface area (Å²) in [7, 11) is 3.03. The van der Waals surface area contributed by atoms with Crippen LogP contribution in [0.2, 0.25) is 0 Å². The standard InChI is InChI=1S/C18H22BrN3O3S/c1-21(2)17-10-9-15(26(24,25)22(3)4)12-16(17)20-18(23)11-13-5-7-14(19)8-6-13/h5-10,12H,11H2,1-4H3,(H,20,23). The average molecular weight is 440 g/mol. The quantitative estimate of drug-likeness (QED) is 0.750. The SMILES string of the molecule is CN(C)c1ccc(S(=O)(=O)N(C)C)cc1NC(=O)Cc1ccc(Br)cc1. The van der Waals surface area contributed by atoms with Crippen LogP contribution in [0.15, 0.2) is 51.8 Å². The number of carbonyl (C=O) groups is 1. The summed E-state index contributed by atoms with van der Waals surface area (Å²) in [6, 6.07) is 12.2. The number of nitrogens with zero attached hydrogens (tertiary/aromatic N) is 2. The minimum Gasteiger partial charge on any atom is -0.376 e. The largest absolute Gasteiger partial charge is 0.376 e. The van der Waals surface area contributed by atoms with Crippen LogP contribution in [0.25, 0.3) is 0 Å². The third-order valence-electron chi connectivity index (χ3n) is 3.78. The number of sulfonamides is 1. The van der Waals surface area contributed by atoms with Gasteiger partial charge in [-0.05, 0) is 35.9 Å². The summed E-state index contributed by atoms with van der Waals surface area (Å²) in [5, 5.41) is 2.83. The van der Waals surface area contributed by atoms with Gasteiger partial charge in [0.1, 0.15) is 0 Å². The Morgan fingerprint density at radius 1 is 1.04 bits per heavy atom. The number of hydrogen-bond donors (Lipinski definition) is 1. The molecule has 0 heterocycles. The first-order valence-corrected chi connectivity index (χ1v) is 10.1. The van der Waals surface area contributed by atoms with E-state index < -0.39 is 10.0 Å². The van der Waals surface area contributed by atoms with Gasteiger partial charge < -0.3 is 10.2 Å². The van der Waals surface area contributed by atoms with Crippen molar-refractivity contribution in [2.45, 2.75) is 11.3 Å². The molecule has 0 aliphatic carbocycles. The van der Waals surface area contributed by atoms with Gasteiger partial charge in [0.05, 0.1) is 22.7 Å². The molecule has 0 saturated heterocycles. The van der Waals surface area contributed by atoms with Crippen molar-refractivity contribution >= 4 is 43.2 Å². The van der Waals surface area contributed by atoms with Crippen molar-refractivity contribution in [1.82, 2.24) is 4.31 Å². The van der Waals surface area contributed by atoms with Gasteiger partial charge in [0, 0.05) is 32.7 Å². The highest BCUT2D eigenvalue weighted by Gasteiger charge is 2.20. The van der Waals surface area contributed by atoms with E-state index in [9.17, 15) is 13.2 Å². The second-order valence-corrected chi connectivity index (χ2v) is 9.28.